The van der Waals surface area contributed by atoms with Gasteiger partial charge < -0.3 is 10.4 Å². The molecule has 90 valence electrons. The van der Waals surface area contributed by atoms with Crippen molar-refractivity contribution in [3.63, 3.8) is 0 Å². The molecule has 1 aliphatic heterocycles. The molecular weight excluding hydrogens is 222 g/mol. The Morgan fingerprint density at radius 1 is 1.47 bits per heavy atom. The molecule has 2 amide bonds. The van der Waals surface area contributed by atoms with Crippen LogP contribution in [0.5, 0.6) is 5.75 Å². The van der Waals surface area contributed by atoms with E-state index < -0.39 is 0 Å². The van der Waals surface area contributed by atoms with Crippen LogP contribution in [-0.4, -0.2) is 27.9 Å². The minimum absolute atomic E-state index is 0.106. The zero-order valence-electron chi connectivity index (χ0n) is 9.14. The highest BCUT2D eigenvalue weighted by Gasteiger charge is 2.25. The summed E-state index contributed by atoms with van der Waals surface area (Å²) < 4.78 is 0. The highest BCUT2D eigenvalue weighted by Crippen LogP contribution is 2.08. The molecular formula is C11H13N3O3. The van der Waals surface area contributed by atoms with E-state index in [4.69, 9.17) is 5.11 Å². The van der Waals surface area contributed by atoms with Crippen molar-refractivity contribution < 1.29 is 14.7 Å². The number of hydrogen-bond acceptors (Lipinski definition) is 5. The summed E-state index contributed by atoms with van der Waals surface area (Å²) in [7, 11) is 0. The number of carbonyl (C=O) groups excluding carboxylic acids is 2. The molecule has 1 fully saturated rings. The van der Waals surface area contributed by atoms with Crippen molar-refractivity contribution >= 4 is 11.8 Å². The van der Waals surface area contributed by atoms with Crippen LogP contribution in [-0.2, 0) is 16.1 Å². The van der Waals surface area contributed by atoms with Gasteiger partial charge in [-0.3, -0.25) is 19.9 Å². The number of pyridine rings is 1. The Labute approximate surface area is 98.1 Å². The van der Waals surface area contributed by atoms with E-state index in [9.17, 15) is 9.59 Å². The molecule has 3 N–H and O–H groups in total. The van der Waals surface area contributed by atoms with Crippen molar-refractivity contribution in [2.24, 2.45) is 0 Å². The summed E-state index contributed by atoms with van der Waals surface area (Å²) in [4.78, 5) is 26.3. The predicted molar refractivity (Wildman–Crippen MR) is 58.9 cm³/mol. The van der Waals surface area contributed by atoms with Gasteiger partial charge in [0.15, 0.2) is 0 Å². The first-order chi connectivity index (χ1) is 8.15. The van der Waals surface area contributed by atoms with Crippen LogP contribution >= 0.6 is 0 Å². The number of nitrogens with zero attached hydrogens (tertiary/aromatic N) is 1. The fourth-order valence-electron chi connectivity index (χ4n) is 1.64. The standard InChI is InChI=1S/C11H13N3O3/c15-8-2-1-7(12-6-8)5-13-9-3-4-10(16)14-11(9)17/h1-2,6,9,13,15H,3-5H2,(H,14,16,17). The zero-order valence-corrected chi connectivity index (χ0v) is 9.14. The van der Waals surface area contributed by atoms with Crippen molar-refractivity contribution in [2.75, 3.05) is 0 Å². The van der Waals surface area contributed by atoms with Gasteiger partial charge in [-0.1, -0.05) is 0 Å². The lowest BCUT2D eigenvalue weighted by Crippen LogP contribution is -2.50. The molecule has 6 nitrogen and oxygen atoms in total. The van der Waals surface area contributed by atoms with Gasteiger partial charge in [-0.25, -0.2) is 0 Å². The molecule has 17 heavy (non-hydrogen) atoms. The van der Waals surface area contributed by atoms with Gasteiger partial charge in [0, 0.05) is 13.0 Å². The van der Waals surface area contributed by atoms with Crippen LogP contribution in [0.3, 0.4) is 0 Å². The van der Waals surface area contributed by atoms with Crippen LogP contribution < -0.4 is 10.6 Å². The lowest BCUT2D eigenvalue weighted by molar-refractivity contribution is -0.134. The Morgan fingerprint density at radius 2 is 2.29 bits per heavy atom. The zero-order chi connectivity index (χ0) is 12.3. The maximum Gasteiger partial charge on any atom is 0.243 e. The number of aromatic nitrogens is 1. The third-order valence-electron chi connectivity index (χ3n) is 2.58. The second kappa shape index (κ2) is 4.92. The highest BCUT2D eigenvalue weighted by molar-refractivity contribution is 6.00. The summed E-state index contributed by atoms with van der Waals surface area (Å²) in [5.74, 6) is -0.411. The summed E-state index contributed by atoms with van der Waals surface area (Å²) in [6.45, 7) is 0.423. The molecule has 1 aromatic rings. The van der Waals surface area contributed by atoms with Crippen molar-refractivity contribution in [3.8, 4) is 5.75 Å². The van der Waals surface area contributed by atoms with Gasteiger partial charge in [-0.15, -0.1) is 0 Å². The van der Waals surface area contributed by atoms with Gasteiger partial charge >= 0.3 is 0 Å². The summed E-state index contributed by atoms with van der Waals surface area (Å²) in [6.07, 6.45) is 2.21. The van der Waals surface area contributed by atoms with E-state index >= 15 is 0 Å². The van der Waals surface area contributed by atoms with Crippen LogP contribution in [0.4, 0.5) is 0 Å². The number of nitrogens with one attached hydrogen (secondary N) is 2. The molecule has 1 unspecified atom stereocenters. The average molecular weight is 235 g/mol. The second-order valence-electron chi connectivity index (χ2n) is 3.89. The molecule has 0 aliphatic carbocycles. The topological polar surface area (TPSA) is 91.3 Å². The van der Waals surface area contributed by atoms with Crippen LogP contribution in [0.25, 0.3) is 0 Å². The summed E-state index contributed by atoms with van der Waals surface area (Å²) in [5.41, 5.74) is 0.729. The quantitative estimate of drug-likeness (QED) is 0.625. The Balaban J connectivity index is 1.88. The molecule has 6 heteroatoms. The van der Waals surface area contributed by atoms with Crippen molar-refractivity contribution in [2.45, 2.75) is 25.4 Å². The number of amides is 2. The first-order valence-electron chi connectivity index (χ1n) is 5.36. The molecule has 1 aromatic heterocycles. The predicted octanol–water partition coefficient (Wildman–Crippen LogP) is -0.318. The number of piperidine rings is 1. The molecule has 0 aromatic carbocycles. The minimum atomic E-state index is -0.358. The van der Waals surface area contributed by atoms with Crippen LogP contribution in [0.2, 0.25) is 0 Å². The van der Waals surface area contributed by atoms with E-state index in [1.807, 2.05) is 0 Å². The minimum Gasteiger partial charge on any atom is -0.506 e. The molecule has 2 rings (SSSR count). The molecule has 0 bridgehead atoms. The molecule has 1 aliphatic rings. The van der Waals surface area contributed by atoms with Gasteiger partial charge in [0.25, 0.3) is 0 Å². The van der Waals surface area contributed by atoms with Gasteiger partial charge in [0.05, 0.1) is 17.9 Å². The van der Waals surface area contributed by atoms with E-state index in [2.05, 4.69) is 15.6 Å². The van der Waals surface area contributed by atoms with Crippen molar-refractivity contribution in [1.82, 2.24) is 15.6 Å². The van der Waals surface area contributed by atoms with E-state index in [1.165, 1.54) is 12.3 Å². The number of carbonyl (C=O) groups is 2. The van der Waals surface area contributed by atoms with Gasteiger partial charge in [0.2, 0.25) is 11.8 Å². The first-order valence-corrected chi connectivity index (χ1v) is 5.36. The molecule has 1 saturated heterocycles. The molecule has 2 heterocycles. The summed E-state index contributed by atoms with van der Waals surface area (Å²) >= 11 is 0. The fraction of sp³-hybridized carbons (Fsp3) is 0.364. The van der Waals surface area contributed by atoms with Crippen LogP contribution in [0.15, 0.2) is 18.3 Å². The van der Waals surface area contributed by atoms with Gasteiger partial charge in [-0.2, -0.15) is 0 Å². The largest absolute Gasteiger partial charge is 0.506 e. The highest BCUT2D eigenvalue weighted by atomic mass is 16.3. The Bertz CT molecular complexity index is 430. The number of hydrogen-bond donors (Lipinski definition) is 3. The van der Waals surface area contributed by atoms with Gasteiger partial charge in [-0.05, 0) is 18.6 Å². The smallest absolute Gasteiger partial charge is 0.243 e. The number of rotatable bonds is 3. The third-order valence-corrected chi connectivity index (χ3v) is 2.58. The Hall–Kier alpha value is -1.95. The maximum absolute atomic E-state index is 11.4. The van der Waals surface area contributed by atoms with E-state index in [-0.39, 0.29) is 23.6 Å². The SMILES string of the molecule is O=C1CCC(NCc2ccc(O)cn2)C(=O)N1. The Morgan fingerprint density at radius 3 is 2.94 bits per heavy atom. The Kier molecular flexibility index (Phi) is 3.34. The first kappa shape index (κ1) is 11.5. The third kappa shape index (κ3) is 3.01. The molecule has 0 spiro atoms. The fourth-order valence-corrected chi connectivity index (χ4v) is 1.64. The molecule has 0 saturated carbocycles. The normalized spacial score (nSPS) is 20.1. The number of aromatic hydroxyl groups is 1. The number of imide groups is 1. The van der Waals surface area contributed by atoms with E-state index in [0.29, 0.717) is 19.4 Å². The lowest BCUT2D eigenvalue weighted by atomic mass is 10.1. The second-order valence-corrected chi connectivity index (χ2v) is 3.89. The summed E-state index contributed by atoms with van der Waals surface area (Å²) in [5, 5.41) is 14.4. The average Bonchev–Trinajstić information content (AvgIpc) is 2.30. The van der Waals surface area contributed by atoms with Gasteiger partial charge in [0.1, 0.15) is 5.75 Å². The monoisotopic (exact) mass is 235 g/mol. The van der Waals surface area contributed by atoms with E-state index in [0.717, 1.165) is 5.69 Å². The van der Waals surface area contributed by atoms with Crippen molar-refractivity contribution in [3.05, 3.63) is 24.0 Å². The maximum atomic E-state index is 11.4. The lowest BCUT2D eigenvalue weighted by Gasteiger charge is -2.21. The molecule has 0 radical (unpaired) electrons. The summed E-state index contributed by atoms with van der Waals surface area (Å²) in [6, 6.07) is 2.85. The van der Waals surface area contributed by atoms with Crippen LogP contribution in [0, 0.1) is 0 Å². The van der Waals surface area contributed by atoms with E-state index in [1.54, 1.807) is 6.07 Å². The van der Waals surface area contributed by atoms with Crippen molar-refractivity contribution in [1.29, 1.82) is 0 Å². The molecule has 1 atom stereocenters. The van der Waals surface area contributed by atoms with Crippen LogP contribution in [0.1, 0.15) is 18.5 Å².